The maximum absolute atomic E-state index is 10.6. The third-order valence-electron chi connectivity index (χ3n) is 8.46. The molecule has 1 aliphatic heterocycles. The summed E-state index contributed by atoms with van der Waals surface area (Å²) in [6.45, 7) is 5.93. The van der Waals surface area contributed by atoms with E-state index in [1.807, 2.05) is 12.1 Å². The molecule has 4 bridgehead atoms. The van der Waals surface area contributed by atoms with Crippen LogP contribution < -0.4 is 14.8 Å². The number of ether oxygens (including phenoxy) is 2. The van der Waals surface area contributed by atoms with Crippen molar-refractivity contribution in [2.75, 3.05) is 53.5 Å². The lowest BCUT2D eigenvalue weighted by molar-refractivity contribution is -0.0207. The lowest BCUT2D eigenvalue weighted by Gasteiger charge is -2.57. The Morgan fingerprint density at radius 3 is 2.34 bits per heavy atom. The average molecular weight is 444 g/mol. The van der Waals surface area contributed by atoms with Crippen LogP contribution in [0.25, 0.3) is 0 Å². The highest BCUT2D eigenvalue weighted by atomic mass is 16.5. The third kappa shape index (κ3) is 5.09. The molecule has 4 aliphatic carbocycles. The molecule has 1 unspecified atom stereocenters. The molecule has 6 heteroatoms. The van der Waals surface area contributed by atoms with Gasteiger partial charge in [0.25, 0.3) is 0 Å². The van der Waals surface area contributed by atoms with E-state index in [0.717, 1.165) is 67.5 Å². The number of aliphatic hydroxyl groups is 1. The zero-order valence-corrected chi connectivity index (χ0v) is 19.9. The van der Waals surface area contributed by atoms with Crippen molar-refractivity contribution in [1.82, 2.24) is 15.1 Å². The van der Waals surface area contributed by atoms with Gasteiger partial charge in [-0.05, 0) is 69.4 Å². The van der Waals surface area contributed by atoms with Gasteiger partial charge in [-0.3, -0.25) is 4.90 Å². The van der Waals surface area contributed by atoms with E-state index in [0.29, 0.717) is 18.7 Å². The molecule has 6 rings (SSSR count). The van der Waals surface area contributed by atoms with Crippen LogP contribution in [0.15, 0.2) is 18.2 Å². The number of rotatable bonds is 9. The second kappa shape index (κ2) is 9.49. The monoisotopic (exact) mass is 443 g/mol. The average Bonchev–Trinajstić information content (AvgIpc) is 2.77. The van der Waals surface area contributed by atoms with Crippen molar-refractivity contribution in [2.45, 2.75) is 56.7 Å². The van der Waals surface area contributed by atoms with Crippen LogP contribution in [0.2, 0.25) is 0 Å². The zero-order chi connectivity index (χ0) is 22.1. The molecule has 1 aromatic rings. The van der Waals surface area contributed by atoms with Crippen molar-refractivity contribution in [2.24, 2.45) is 17.8 Å². The summed E-state index contributed by atoms with van der Waals surface area (Å²) in [7, 11) is 3.84. The molecule has 0 amide bonds. The maximum Gasteiger partial charge on any atom is 0.127 e. The summed E-state index contributed by atoms with van der Waals surface area (Å²) in [6.07, 6.45) is 7.92. The fourth-order valence-electron chi connectivity index (χ4n) is 7.12. The highest BCUT2D eigenvalue weighted by Gasteiger charge is 2.50. The van der Waals surface area contributed by atoms with Crippen molar-refractivity contribution < 1.29 is 14.6 Å². The van der Waals surface area contributed by atoms with Gasteiger partial charge in [0, 0.05) is 56.4 Å². The Morgan fingerprint density at radius 1 is 1.06 bits per heavy atom. The van der Waals surface area contributed by atoms with E-state index in [1.54, 1.807) is 7.11 Å². The van der Waals surface area contributed by atoms with E-state index >= 15 is 0 Å². The topological polar surface area (TPSA) is 57.2 Å². The SMILES string of the molecule is COc1ccc(CNC23CC4CC(CC(C4)C2)C3)c(OCC(O)CN2CCN(C)CC2)c1. The van der Waals surface area contributed by atoms with Gasteiger partial charge in [-0.2, -0.15) is 0 Å². The molecule has 2 N–H and O–H groups in total. The molecule has 0 radical (unpaired) electrons. The number of hydrogen-bond acceptors (Lipinski definition) is 6. The van der Waals surface area contributed by atoms with Crippen molar-refractivity contribution in [3.05, 3.63) is 23.8 Å². The molecular weight excluding hydrogens is 402 g/mol. The number of nitrogens with one attached hydrogen (secondary N) is 1. The molecule has 6 nitrogen and oxygen atoms in total. The van der Waals surface area contributed by atoms with Gasteiger partial charge in [0.05, 0.1) is 7.11 Å². The van der Waals surface area contributed by atoms with Crippen molar-refractivity contribution in [3.8, 4) is 11.5 Å². The first kappa shape index (κ1) is 22.5. The highest BCUT2D eigenvalue weighted by Crippen LogP contribution is 2.55. The van der Waals surface area contributed by atoms with Gasteiger partial charge in [0.1, 0.15) is 24.2 Å². The summed E-state index contributed by atoms with van der Waals surface area (Å²) in [5.74, 6) is 4.44. The number of β-amino-alcohol motifs (C(OH)–C–C–N with tert-alkyl or cyclic N) is 1. The number of methoxy groups -OCH3 is 1. The van der Waals surface area contributed by atoms with Gasteiger partial charge in [0.15, 0.2) is 0 Å². The number of hydrogen-bond donors (Lipinski definition) is 2. The molecule has 1 atom stereocenters. The molecule has 1 saturated heterocycles. The Morgan fingerprint density at radius 2 is 1.72 bits per heavy atom. The van der Waals surface area contributed by atoms with Gasteiger partial charge in [0.2, 0.25) is 0 Å². The minimum Gasteiger partial charge on any atom is -0.497 e. The first-order valence-corrected chi connectivity index (χ1v) is 12.6. The van der Waals surface area contributed by atoms with Crippen LogP contribution in [0.1, 0.15) is 44.1 Å². The van der Waals surface area contributed by atoms with E-state index < -0.39 is 6.10 Å². The van der Waals surface area contributed by atoms with Crippen molar-refractivity contribution >= 4 is 0 Å². The quantitative estimate of drug-likeness (QED) is 0.612. The first-order valence-electron chi connectivity index (χ1n) is 12.6. The summed E-state index contributed by atoms with van der Waals surface area (Å²) in [4.78, 5) is 4.66. The zero-order valence-electron chi connectivity index (χ0n) is 19.9. The molecule has 1 aromatic carbocycles. The van der Waals surface area contributed by atoms with Crippen LogP contribution in [0.5, 0.6) is 11.5 Å². The molecule has 178 valence electrons. The van der Waals surface area contributed by atoms with E-state index in [9.17, 15) is 5.11 Å². The van der Waals surface area contributed by atoms with Gasteiger partial charge in [-0.1, -0.05) is 6.07 Å². The van der Waals surface area contributed by atoms with Gasteiger partial charge < -0.3 is 24.8 Å². The second-order valence-corrected chi connectivity index (χ2v) is 11.1. The predicted octanol–water partition coefficient (Wildman–Crippen LogP) is 2.74. The number of aliphatic hydroxyl groups excluding tert-OH is 1. The molecule has 5 aliphatic rings. The molecule has 32 heavy (non-hydrogen) atoms. The van der Waals surface area contributed by atoms with Gasteiger partial charge in [-0.25, -0.2) is 0 Å². The predicted molar refractivity (Wildman–Crippen MR) is 126 cm³/mol. The Bertz CT molecular complexity index is 742. The molecule has 0 aromatic heterocycles. The lowest BCUT2D eigenvalue weighted by Crippen LogP contribution is -2.58. The summed E-state index contributed by atoms with van der Waals surface area (Å²) in [6, 6.07) is 6.11. The summed E-state index contributed by atoms with van der Waals surface area (Å²) in [5.41, 5.74) is 1.49. The number of benzene rings is 1. The summed E-state index contributed by atoms with van der Waals surface area (Å²) in [5, 5.41) is 14.6. The number of likely N-dealkylation sites (N-methyl/N-ethyl adjacent to an activating group) is 1. The highest BCUT2D eigenvalue weighted by molar-refractivity contribution is 5.41. The fraction of sp³-hybridized carbons (Fsp3) is 0.769. The normalized spacial score (nSPS) is 33.4. The molecule has 5 fully saturated rings. The van der Waals surface area contributed by atoms with Crippen LogP contribution >= 0.6 is 0 Å². The first-order chi connectivity index (χ1) is 15.5. The Labute approximate surface area is 193 Å². The molecule has 4 saturated carbocycles. The van der Waals surface area contributed by atoms with Crippen LogP contribution in [-0.4, -0.2) is 80.0 Å². The minimum absolute atomic E-state index is 0.309. The third-order valence-corrected chi connectivity index (χ3v) is 8.46. The van der Waals surface area contributed by atoms with E-state index in [4.69, 9.17) is 9.47 Å². The molecular formula is C26H41N3O3. The van der Waals surface area contributed by atoms with Gasteiger partial charge >= 0.3 is 0 Å². The summed E-state index contributed by atoms with van der Waals surface area (Å²) < 4.78 is 11.6. The fourth-order valence-corrected chi connectivity index (χ4v) is 7.12. The van der Waals surface area contributed by atoms with Crippen molar-refractivity contribution in [1.29, 1.82) is 0 Å². The number of nitrogens with zero attached hydrogens (tertiary/aromatic N) is 2. The van der Waals surface area contributed by atoms with Crippen LogP contribution in [-0.2, 0) is 6.54 Å². The smallest absolute Gasteiger partial charge is 0.127 e. The van der Waals surface area contributed by atoms with Gasteiger partial charge in [-0.15, -0.1) is 0 Å². The maximum atomic E-state index is 10.6. The van der Waals surface area contributed by atoms with Crippen molar-refractivity contribution in [3.63, 3.8) is 0 Å². The standard InChI is InChI=1S/C26H41N3O3/c1-28-5-7-29(8-6-28)17-23(30)18-32-25-12-24(31-2)4-3-22(25)16-27-26-13-19-9-20(14-26)11-21(10-19)15-26/h3-4,12,19-21,23,27,30H,5-11,13-18H2,1-2H3. The Hall–Kier alpha value is -1.34. The lowest BCUT2D eigenvalue weighted by atomic mass is 9.53. The minimum atomic E-state index is -0.492. The molecule has 1 heterocycles. The summed E-state index contributed by atoms with van der Waals surface area (Å²) >= 11 is 0. The number of piperazine rings is 1. The molecule has 0 spiro atoms. The van der Waals surface area contributed by atoms with E-state index in [1.165, 1.54) is 38.5 Å². The van der Waals surface area contributed by atoms with Crippen LogP contribution in [0.3, 0.4) is 0 Å². The van der Waals surface area contributed by atoms with E-state index in [-0.39, 0.29) is 0 Å². The largest absolute Gasteiger partial charge is 0.497 e. The van der Waals surface area contributed by atoms with Crippen LogP contribution in [0, 0.1) is 17.8 Å². The Kier molecular flexibility index (Phi) is 6.66. The second-order valence-electron chi connectivity index (χ2n) is 11.1. The van der Waals surface area contributed by atoms with Crippen LogP contribution in [0.4, 0.5) is 0 Å². The van der Waals surface area contributed by atoms with E-state index in [2.05, 4.69) is 28.2 Å². The Balaban J connectivity index is 1.19.